The van der Waals surface area contributed by atoms with E-state index in [-0.39, 0.29) is 5.56 Å². The number of H-pyrrole nitrogens is 1. The van der Waals surface area contributed by atoms with Crippen molar-refractivity contribution in [2.45, 2.75) is 26.3 Å². The molecule has 0 atom stereocenters. The second-order valence-corrected chi connectivity index (χ2v) is 7.64. The summed E-state index contributed by atoms with van der Waals surface area (Å²) in [6.07, 6.45) is 3.87. The van der Waals surface area contributed by atoms with Crippen LogP contribution in [0.2, 0.25) is 0 Å². The molecule has 5 nitrogen and oxygen atoms in total. The zero-order valence-corrected chi connectivity index (χ0v) is 17.0. The highest BCUT2D eigenvalue weighted by molar-refractivity contribution is 6.05. The summed E-state index contributed by atoms with van der Waals surface area (Å²) in [6, 6.07) is 18.4. The summed E-state index contributed by atoms with van der Waals surface area (Å²) in [7, 11) is 0. The molecule has 0 bridgehead atoms. The third-order valence-electron chi connectivity index (χ3n) is 5.81. The van der Waals surface area contributed by atoms with Gasteiger partial charge in [-0.05, 0) is 36.4 Å². The van der Waals surface area contributed by atoms with E-state index in [1.807, 2.05) is 30.3 Å². The van der Waals surface area contributed by atoms with Crippen molar-refractivity contribution in [2.75, 3.05) is 6.54 Å². The summed E-state index contributed by atoms with van der Waals surface area (Å²) in [6.45, 7) is 3.60. The van der Waals surface area contributed by atoms with Crippen molar-refractivity contribution in [3.05, 3.63) is 76.7 Å². The molecule has 150 valence electrons. The first kappa shape index (κ1) is 18.6. The quantitative estimate of drug-likeness (QED) is 0.426. The molecule has 30 heavy (non-hydrogen) atoms. The first-order valence-electron chi connectivity index (χ1n) is 10.4. The van der Waals surface area contributed by atoms with Crippen LogP contribution >= 0.6 is 0 Å². The number of aromatic amines is 1. The van der Waals surface area contributed by atoms with E-state index in [1.54, 1.807) is 0 Å². The van der Waals surface area contributed by atoms with Gasteiger partial charge in [-0.3, -0.25) is 4.79 Å². The molecule has 0 saturated carbocycles. The summed E-state index contributed by atoms with van der Waals surface area (Å²) in [4.78, 5) is 21.0. The van der Waals surface area contributed by atoms with E-state index in [0.29, 0.717) is 12.2 Å². The van der Waals surface area contributed by atoms with Gasteiger partial charge in [0.25, 0.3) is 5.56 Å². The van der Waals surface area contributed by atoms with Gasteiger partial charge in [0.15, 0.2) is 0 Å². The average Bonchev–Trinajstić information content (AvgIpc) is 3.15. The Morgan fingerprint density at radius 1 is 1.03 bits per heavy atom. The van der Waals surface area contributed by atoms with Crippen LogP contribution in [-0.2, 0) is 13.0 Å². The number of nitrogens with zero attached hydrogens (tertiary/aromatic N) is 2. The Morgan fingerprint density at radius 3 is 2.70 bits per heavy atom. The maximum atomic E-state index is 13.0. The summed E-state index contributed by atoms with van der Waals surface area (Å²) in [5.41, 5.74) is 10.9. The maximum Gasteiger partial charge on any atom is 0.275 e. The topological polar surface area (TPSA) is 76.7 Å². The van der Waals surface area contributed by atoms with E-state index in [9.17, 15) is 4.79 Å². The van der Waals surface area contributed by atoms with Gasteiger partial charge in [0, 0.05) is 29.1 Å². The fourth-order valence-corrected chi connectivity index (χ4v) is 4.35. The van der Waals surface area contributed by atoms with Crippen LogP contribution in [-0.4, -0.2) is 21.1 Å². The zero-order valence-electron chi connectivity index (χ0n) is 17.0. The standard InChI is InChI=1S/C25H24N4O/c1-2-16-8-5-10-19-20(15-29(24(16)19)14-6-13-26)23-25(30)27-21-12-11-17-7-3-4-9-18(17)22(21)28-23/h3-5,7-12,15H,2,6,13-14,26H2,1H3,(H,27,30). The van der Waals surface area contributed by atoms with Crippen molar-refractivity contribution in [1.29, 1.82) is 0 Å². The second-order valence-electron chi connectivity index (χ2n) is 7.64. The van der Waals surface area contributed by atoms with Gasteiger partial charge in [0.1, 0.15) is 5.69 Å². The number of aromatic nitrogens is 3. The van der Waals surface area contributed by atoms with E-state index in [0.717, 1.165) is 52.1 Å². The summed E-state index contributed by atoms with van der Waals surface area (Å²) in [5, 5.41) is 3.20. The lowest BCUT2D eigenvalue weighted by atomic mass is 10.0. The monoisotopic (exact) mass is 396 g/mol. The molecular formula is C25H24N4O. The lowest BCUT2D eigenvalue weighted by Gasteiger charge is -2.07. The van der Waals surface area contributed by atoms with Gasteiger partial charge in [0.05, 0.1) is 16.6 Å². The molecule has 3 N–H and O–H groups in total. The van der Waals surface area contributed by atoms with Gasteiger partial charge in [0.2, 0.25) is 0 Å². The van der Waals surface area contributed by atoms with Crippen molar-refractivity contribution in [2.24, 2.45) is 5.73 Å². The maximum absolute atomic E-state index is 13.0. The molecule has 0 fully saturated rings. The molecule has 0 saturated heterocycles. The molecule has 0 aliphatic carbocycles. The molecule has 2 heterocycles. The average molecular weight is 396 g/mol. The van der Waals surface area contributed by atoms with Crippen LogP contribution in [0, 0.1) is 0 Å². The molecular weight excluding hydrogens is 372 g/mol. The minimum atomic E-state index is -0.169. The minimum Gasteiger partial charge on any atom is -0.347 e. The Morgan fingerprint density at radius 2 is 1.87 bits per heavy atom. The Hall–Kier alpha value is -3.44. The van der Waals surface area contributed by atoms with Gasteiger partial charge in [-0.1, -0.05) is 55.5 Å². The molecule has 5 heteroatoms. The number of hydrogen-bond donors (Lipinski definition) is 2. The van der Waals surface area contributed by atoms with Crippen LogP contribution in [0.15, 0.2) is 65.6 Å². The number of aryl methyl sites for hydroxylation is 2. The normalized spacial score (nSPS) is 11.7. The highest BCUT2D eigenvalue weighted by Gasteiger charge is 2.17. The molecule has 5 aromatic rings. The van der Waals surface area contributed by atoms with Gasteiger partial charge in [-0.15, -0.1) is 0 Å². The van der Waals surface area contributed by atoms with Crippen LogP contribution in [0.5, 0.6) is 0 Å². The third kappa shape index (κ3) is 2.90. The SMILES string of the molecule is CCc1cccc2c(-c3nc4c(ccc5ccccc54)[nH]c3=O)cn(CCCN)c12. The van der Waals surface area contributed by atoms with Crippen LogP contribution in [0.3, 0.4) is 0 Å². The highest BCUT2D eigenvalue weighted by atomic mass is 16.1. The number of fused-ring (bicyclic) bond motifs is 4. The number of hydrogen-bond acceptors (Lipinski definition) is 3. The van der Waals surface area contributed by atoms with Crippen molar-refractivity contribution in [3.8, 4) is 11.3 Å². The van der Waals surface area contributed by atoms with Crippen LogP contribution in [0.1, 0.15) is 18.9 Å². The summed E-state index contributed by atoms with van der Waals surface area (Å²) in [5.74, 6) is 0. The van der Waals surface area contributed by atoms with E-state index in [1.165, 1.54) is 11.1 Å². The number of nitrogens with two attached hydrogens (primary N) is 1. The van der Waals surface area contributed by atoms with Crippen molar-refractivity contribution in [3.63, 3.8) is 0 Å². The van der Waals surface area contributed by atoms with Crippen LogP contribution in [0.4, 0.5) is 0 Å². The highest BCUT2D eigenvalue weighted by Crippen LogP contribution is 2.32. The second kappa shape index (κ2) is 7.43. The predicted octanol–water partition coefficient (Wildman–Crippen LogP) is 4.61. The third-order valence-corrected chi connectivity index (χ3v) is 5.81. The Kier molecular flexibility index (Phi) is 4.60. The molecule has 5 rings (SSSR count). The largest absolute Gasteiger partial charge is 0.347 e. The molecule has 0 aliphatic heterocycles. The number of benzene rings is 3. The molecule has 0 spiro atoms. The molecule has 0 aliphatic rings. The van der Waals surface area contributed by atoms with Crippen molar-refractivity contribution in [1.82, 2.24) is 14.5 Å². The van der Waals surface area contributed by atoms with Crippen LogP contribution in [0.25, 0.3) is 44.0 Å². The fourth-order valence-electron chi connectivity index (χ4n) is 4.35. The lowest BCUT2D eigenvalue weighted by Crippen LogP contribution is -2.11. The van der Waals surface area contributed by atoms with Gasteiger partial charge in [-0.25, -0.2) is 4.98 Å². The van der Waals surface area contributed by atoms with Crippen LogP contribution < -0.4 is 11.3 Å². The van der Waals surface area contributed by atoms with Gasteiger partial charge < -0.3 is 15.3 Å². The van der Waals surface area contributed by atoms with Gasteiger partial charge in [-0.2, -0.15) is 0 Å². The summed E-state index contributed by atoms with van der Waals surface area (Å²) >= 11 is 0. The number of nitrogens with one attached hydrogen (secondary N) is 1. The Bertz CT molecular complexity index is 1440. The first-order valence-corrected chi connectivity index (χ1v) is 10.4. The Balaban J connectivity index is 1.82. The molecule has 3 aromatic carbocycles. The first-order chi connectivity index (χ1) is 14.7. The number of rotatable bonds is 5. The van der Waals surface area contributed by atoms with Crippen molar-refractivity contribution < 1.29 is 0 Å². The lowest BCUT2D eigenvalue weighted by molar-refractivity contribution is 0.669. The predicted molar refractivity (Wildman–Crippen MR) is 124 cm³/mol. The van der Waals surface area contributed by atoms with Gasteiger partial charge >= 0.3 is 0 Å². The summed E-state index contributed by atoms with van der Waals surface area (Å²) < 4.78 is 2.23. The molecule has 0 unspecified atom stereocenters. The van der Waals surface area contributed by atoms with E-state index < -0.39 is 0 Å². The van der Waals surface area contributed by atoms with E-state index in [2.05, 4.69) is 46.9 Å². The zero-order chi connectivity index (χ0) is 20.7. The smallest absolute Gasteiger partial charge is 0.275 e. The van der Waals surface area contributed by atoms with Crippen molar-refractivity contribution >= 4 is 32.7 Å². The van der Waals surface area contributed by atoms with E-state index >= 15 is 0 Å². The molecule has 0 amide bonds. The fraction of sp³-hybridized carbons (Fsp3) is 0.200. The Labute approximate surface area is 174 Å². The number of para-hydroxylation sites is 1. The molecule has 0 radical (unpaired) electrons. The minimum absolute atomic E-state index is 0.169. The van der Waals surface area contributed by atoms with E-state index in [4.69, 9.17) is 10.7 Å². The molecule has 2 aromatic heterocycles.